The molecule has 4 heteroatoms. The molecule has 0 fully saturated rings. The molecule has 0 heterocycles. The van der Waals surface area contributed by atoms with Crippen molar-refractivity contribution in [2.24, 2.45) is 0 Å². The molecular weight excluding hydrogens is 270 g/mol. The predicted molar refractivity (Wildman–Crippen MR) is 67.8 cm³/mol. The van der Waals surface area contributed by atoms with E-state index in [1.807, 2.05) is 38.1 Å². The van der Waals surface area contributed by atoms with Gasteiger partial charge in [-0.1, -0.05) is 28.1 Å². The number of amides is 1. The standard InChI is InChI=1S/C12H16BrNO2/c1-12(2,13)11(15)14-8-9-4-6-10(16-3)7-5-9/h4-7H,8H2,1-3H3,(H,14,15). The maximum atomic E-state index is 11.6. The minimum atomic E-state index is -0.528. The van der Waals surface area contributed by atoms with Crippen molar-refractivity contribution in [2.75, 3.05) is 7.11 Å². The van der Waals surface area contributed by atoms with E-state index in [-0.39, 0.29) is 5.91 Å². The first-order chi connectivity index (χ1) is 7.43. The molecule has 0 saturated heterocycles. The van der Waals surface area contributed by atoms with Gasteiger partial charge in [-0.2, -0.15) is 0 Å². The largest absolute Gasteiger partial charge is 0.497 e. The highest BCUT2D eigenvalue weighted by Crippen LogP contribution is 2.16. The first-order valence-electron chi connectivity index (χ1n) is 5.03. The van der Waals surface area contributed by atoms with Gasteiger partial charge in [0.25, 0.3) is 0 Å². The fraction of sp³-hybridized carbons (Fsp3) is 0.417. The van der Waals surface area contributed by atoms with E-state index in [0.29, 0.717) is 6.54 Å². The van der Waals surface area contributed by atoms with E-state index in [0.717, 1.165) is 11.3 Å². The summed E-state index contributed by atoms with van der Waals surface area (Å²) in [6.07, 6.45) is 0. The average Bonchev–Trinajstić information content (AvgIpc) is 2.25. The van der Waals surface area contributed by atoms with Crippen LogP contribution in [0.15, 0.2) is 24.3 Å². The topological polar surface area (TPSA) is 38.3 Å². The molecule has 3 nitrogen and oxygen atoms in total. The lowest BCUT2D eigenvalue weighted by Gasteiger charge is -2.15. The molecule has 1 rings (SSSR count). The molecule has 0 unspecified atom stereocenters. The highest BCUT2D eigenvalue weighted by Gasteiger charge is 2.22. The number of carbonyl (C=O) groups excluding carboxylic acids is 1. The van der Waals surface area contributed by atoms with Crippen molar-refractivity contribution in [3.8, 4) is 5.75 Å². The Hall–Kier alpha value is -1.03. The normalized spacial score (nSPS) is 11.0. The molecule has 1 N–H and O–H groups in total. The highest BCUT2D eigenvalue weighted by atomic mass is 79.9. The highest BCUT2D eigenvalue weighted by molar-refractivity contribution is 9.10. The van der Waals surface area contributed by atoms with Crippen molar-refractivity contribution in [3.63, 3.8) is 0 Å². The summed E-state index contributed by atoms with van der Waals surface area (Å²) in [5.74, 6) is 0.791. The fourth-order valence-electron chi connectivity index (χ4n) is 1.14. The molecule has 0 radical (unpaired) electrons. The smallest absolute Gasteiger partial charge is 0.236 e. The van der Waals surface area contributed by atoms with Crippen molar-refractivity contribution >= 4 is 21.8 Å². The summed E-state index contributed by atoms with van der Waals surface area (Å²) in [5, 5.41) is 2.85. The van der Waals surface area contributed by atoms with Gasteiger partial charge in [-0.05, 0) is 31.5 Å². The number of alkyl halides is 1. The van der Waals surface area contributed by atoms with Crippen molar-refractivity contribution in [3.05, 3.63) is 29.8 Å². The summed E-state index contributed by atoms with van der Waals surface area (Å²) in [7, 11) is 1.63. The zero-order valence-corrected chi connectivity index (χ0v) is 11.3. The third-order valence-corrected chi connectivity index (χ3v) is 2.51. The van der Waals surface area contributed by atoms with Crippen LogP contribution in [0.4, 0.5) is 0 Å². The van der Waals surface area contributed by atoms with Gasteiger partial charge < -0.3 is 10.1 Å². The van der Waals surface area contributed by atoms with Crippen molar-refractivity contribution < 1.29 is 9.53 Å². The van der Waals surface area contributed by atoms with Gasteiger partial charge in [0, 0.05) is 6.54 Å². The first kappa shape index (κ1) is 13.0. The summed E-state index contributed by atoms with van der Waals surface area (Å²) in [6, 6.07) is 7.61. The van der Waals surface area contributed by atoms with Crippen molar-refractivity contribution in [1.82, 2.24) is 5.32 Å². The van der Waals surface area contributed by atoms with Gasteiger partial charge in [0.05, 0.1) is 11.4 Å². The Morgan fingerprint density at radius 1 is 1.38 bits per heavy atom. The van der Waals surface area contributed by atoms with Crippen LogP contribution in [0.25, 0.3) is 0 Å². The van der Waals surface area contributed by atoms with Gasteiger partial charge in [0.15, 0.2) is 0 Å². The molecular formula is C12H16BrNO2. The molecule has 88 valence electrons. The molecule has 0 spiro atoms. The summed E-state index contributed by atoms with van der Waals surface area (Å²) in [5.41, 5.74) is 1.05. The predicted octanol–water partition coefficient (Wildman–Crippen LogP) is 2.48. The molecule has 1 aromatic carbocycles. The molecule has 0 atom stereocenters. The van der Waals surface area contributed by atoms with Crippen molar-refractivity contribution in [1.29, 1.82) is 0 Å². The van der Waals surface area contributed by atoms with Crippen LogP contribution in [0, 0.1) is 0 Å². The van der Waals surface area contributed by atoms with Crippen LogP contribution in [0.1, 0.15) is 19.4 Å². The van der Waals surface area contributed by atoms with Gasteiger partial charge in [0.2, 0.25) is 5.91 Å². The molecule has 0 bridgehead atoms. The monoisotopic (exact) mass is 285 g/mol. The number of ether oxygens (including phenoxy) is 1. The van der Waals surface area contributed by atoms with Crippen LogP contribution < -0.4 is 10.1 Å². The maximum Gasteiger partial charge on any atom is 0.236 e. The number of carbonyl (C=O) groups is 1. The average molecular weight is 286 g/mol. The van der Waals surface area contributed by atoms with Crippen LogP contribution in [0.3, 0.4) is 0 Å². The second kappa shape index (κ2) is 5.34. The molecule has 0 aliphatic carbocycles. The minimum Gasteiger partial charge on any atom is -0.497 e. The van der Waals surface area contributed by atoms with Gasteiger partial charge in [-0.15, -0.1) is 0 Å². The Labute approximate surface area is 104 Å². The second-order valence-electron chi connectivity index (χ2n) is 4.00. The molecule has 0 saturated carbocycles. The SMILES string of the molecule is COc1ccc(CNC(=O)C(C)(C)Br)cc1. The number of halogens is 1. The fourth-order valence-corrected chi connectivity index (χ4v) is 1.28. The van der Waals surface area contributed by atoms with E-state index in [4.69, 9.17) is 4.74 Å². The Bertz CT molecular complexity index is 354. The molecule has 1 amide bonds. The van der Waals surface area contributed by atoms with Gasteiger partial charge in [0.1, 0.15) is 5.75 Å². The third-order valence-electron chi connectivity index (χ3n) is 2.15. The Morgan fingerprint density at radius 3 is 2.38 bits per heavy atom. The summed E-state index contributed by atoms with van der Waals surface area (Å²) in [4.78, 5) is 11.6. The van der Waals surface area contributed by atoms with E-state index >= 15 is 0 Å². The summed E-state index contributed by atoms with van der Waals surface area (Å²) >= 11 is 3.31. The Morgan fingerprint density at radius 2 is 1.94 bits per heavy atom. The summed E-state index contributed by atoms with van der Waals surface area (Å²) < 4.78 is 4.53. The zero-order chi connectivity index (χ0) is 12.2. The first-order valence-corrected chi connectivity index (χ1v) is 5.83. The number of methoxy groups -OCH3 is 1. The van der Waals surface area contributed by atoms with Crippen LogP contribution in [-0.4, -0.2) is 17.3 Å². The number of rotatable bonds is 4. The maximum absolute atomic E-state index is 11.6. The minimum absolute atomic E-state index is 0.0247. The van der Waals surface area contributed by atoms with E-state index < -0.39 is 4.32 Å². The third kappa shape index (κ3) is 3.85. The molecule has 0 aliphatic heterocycles. The number of hydrogen-bond donors (Lipinski definition) is 1. The van der Waals surface area contributed by atoms with E-state index in [9.17, 15) is 4.79 Å². The zero-order valence-electron chi connectivity index (χ0n) is 9.71. The number of nitrogens with one attached hydrogen (secondary N) is 1. The molecule has 0 aliphatic rings. The summed E-state index contributed by atoms with van der Waals surface area (Å²) in [6.45, 7) is 4.16. The lowest BCUT2D eigenvalue weighted by molar-refractivity contribution is -0.122. The number of hydrogen-bond acceptors (Lipinski definition) is 2. The Balaban J connectivity index is 2.52. The number of benzene rings is 1. The molecule has 16 heavy (non-hydrogen) atoms. The quantitative estimate of drug-likeness (QED) is 0.864. The lowest BCUT2D eigenvalue weighted by Crippen LogP contribution is -2.36. The Kier molecular flexibility index (Phi) is 4.35. The van der Waals surface area contributed by atoms with Gasteiger partial charge in [-0.3, -0.25) is 4.79 Å². The van der Waals surface area contributed by atoms with Crippen LogP contribution in [0.2, 0.25) is 0 Å². The van der Waals surface area contributed by atoms with E-state index in [1.54, 1.807) is 7.11 Å². The molecule has 0 aromatic heterocycles. The van der Waals surface area contributed by atoms with Crippen LogP contribution >= 0.6 is 15.9 Å². The second-order valence-corrected chi connectivity index (χ2v) is 5.99. The van der Waals surface area contributed by atoms with Crippen molar-refractivity contribution in [2.45, 2.75) is 24.7 Å². The van der Waals surface area contributed by atoms with E-state index in [2.05, 4.69) is 21.2 Å². The van der Waals surface area contributed by atoms with Gasteiger partial charge >= 0.3 is 0 Å². The lowest BCUT2D eigenvalue weighted by atomic mass is 10.2. The van der Waals surface area contributed by atoms with E-state index in [1.165, 1.54) is 0 Å². The van der Waals surface area contributed by atoms with Gasteiger partial charge in [-0.25, -0.2) is 0 Å². The molecule has 1 aromatic rings. The van der Waals surface area contributed by atoms with Crippen LogP contribution in [0.5, 0.6) is 5.75 Å². The van der Waals surface area contributed by atoms with Crippen LogP contribution in [-0.2, 0) is 11.3 Å².